The summed E-state index contributed by atoms with van der Waals surface area (Å²) in [4.78, 5) is 0. The lowest BCUT2D eigenvalue weighted by atomic mass is 10.3. The molecule has 2 aliphatic rings. The number of hydrogen-bond acceptors (Lipinski definition) is 3. The van der Waals surface area contributed by atoms with Crippen molar-refractivity contribution in [1.82, 2.24) is 0 Å². The maximum absolute atomic E-state index is 5.48. The lowest BCUT2D eigenvalue weighted by Gasteiger charge is -1.86. The molecule has 0 aromatic carbocycles. The SMILES string of the molecule is c1cc(C2CO2)oc1C1CO1. The van der Waals surface area contributed by atoms with Crippen molar-refractivity contribution in [1.29, 1.82) is 0 Å². The number of epoxide rings is 2. The number of ether oxygens (including phenoxy) is 2. The molecule has 0 radical (unpaired) electrons. The first-order valence-electron chi connectivity index (χ1n) is 3.76. The van der Waals surface area contributed by atoms with Gasteiger partial charge >= 0.3 is 0 Å². The zero-order valence-electron chi connectivity index (χ0n) is 5.95. The van der Waals surface area contributed by atoms with Gasteiger partial charge in [-0.1, -0.05) is 0 Å². The summed E-state index contributed by atoms with van der Waals surface area (Å²) in [6, 6.07) is 3.93. The molecule has 0 N–H and O–H groups in total. The van der Waals surface area contributed by atoms with Gasteiger partial charge in [-0.3, -0.25) is 0 Å². The van der Waals surface area contributed by atoms with Gasteiger partial charge in [0.25, 0.3) is 0 Å². The molecule has 2 unspecified atom stereocenters. The third-order valence-corrected chi connectivity index (χ3v) is 1.95. The second-order valence-corrected chi connectivity index (χ2v) is 2.88. The molecule has 2 fully saturated rings. The minimum absolute atomic E-state index is 0.225. The smallest absolute Gasteiger partial charge is 0.138 e. The maximum atomic E-state index is 5.48. The van der Waals surface area contributed by atoms with Crippen molar-refractivity contribution in [2.45, 2.75) is 12.2 Å². The molecule has 0 spiro atoms. The Morgan fingerprint density at radius 2 is 1.45 bits per heavy atom. The van der Waals surface area contributed by atoms with E-state index in [9.17, 15) is 0 Å². The van der Waals surface area contributed by atoms with Crippen LogP contribution in [0.3, 0.4) is 0 Å². The quantitative estimate of drug-likeness (QED) is 0.601. The Kier molecular flexibility index (Phi) is 0.985. The lowest BCUT2D eigenvalue weighted by molar-refractivity contribution is 0.333. The summed E-state index contributed by atoms with van der Waals surface area (Å²) >= 11 is 0. The van der Waals surface area contributed by atoms with E-state index in [1.165, 1.54) is 0 Å². The maximum Gasteiger partial charge on any atom is 0.138 e. The first-order chi connectivity index (χ1) is 5.43. The van der Waals surface area contributed by atoms with Gasteiger partial charge in [-0.2, -0.15) is 0 Å². The summed E-state index contributed by atoms with van der Waals surface area (Å²) in [7, 11) is 0. The molecule has 2 aliphatic heterocycles. The number of rotatable bonds is 2. The van der Waals surface area contributed by atoms with E-state index in [2.05, 4.69) is 0 Å². The molecule has 3 nitrogen and oxygen atoms in total. The van der Waals surface area contributed by atoms with E-state index < -0.39 is 0 Å². The first-order valence-corrected chi connectivity index (χ1v) is 3.76. The van der Waals surface area contributed by atoms with E-state index in [1.54, 1.807) is 0 Å². The summed E-state index contributed by atoms with van der Waals surface area (Å²) in [6.45, 7) is 1.61. The highest BCUT2D eigenvalue weighted by molar-refractivity contribution is 5.15. The molecule has 58 valence electrons. The molecule has 3 rings (SSSR count). The number of hydrogen-bond donors (Lipinski definition) is 0. The van der Waals surface area contributed by atoms with Gasteiger partial charge < -0.3 is 13.9 Å². The van der Waals surface area contributed by atoms with Crippen molar-refractivity contribution in [2.75, 3.05) is 13.2 Å². The average Bonchev–Trinajstić information content (AvgIpc) is 2.90. The van der Waals surface area contributed by atoms with Crippen LogP contribution in [0.4, 0.5) is 0 Å². The standard InChI is InChI=1S/C8H8O3/c1-2-6(8-4-10-8)11-5(1)7-3-9-7/h1-2,7-8H,3-4H2. The Morgan fingerprint density at radius 1 is 1.00 bits per heavy atom. The average molecular weight is 152 g/mol. The summed E-state index contributed by atoms with van der Waals surface area (Å²) in [6.07, 6.45) is 0.449. The highest BCUT2D eigenvalue weighted by Gasteiger charge is 2.32. The topological polar surface area (TPSA) is 38.2 Å². The molecular formula is C8H8O3. The Labute approximate surface area is 63.9 Å². The van der Waals surface area contributed by atoms with E-state index in [0.29, 0.717) is 0 Å². The van der Waals surface area contributed by atoms with Gasteiger partial charge in [-0.25, -0.2) is 0 Å². The van der Waals surface area contributed by atoms with Crippen LogP contribution in [0.5, 0.6) is 0 Å². The van der Waals surface area contributed by atoms with Crippen LogP contribution in [-0.2, 0) is 9.47 Å². The van der Waals surface area contributed by atoms with Gasteiger partial charge in [0.15, 0.2) is 0 Å². The van der Waals surface area contributed by atoms with Crippen molar-refractivity contribution in [2.24, 2.45) is 0 Å². The molecule has 0 bridgehead atoms. The van der Waals surface area contributed by atoms with Gasteiger partial charge in [0.05, 0.1) is 13.2 Å². The van der Waals surface area contributed by atoms with Crippen LogP contribution in [0.1, 0.15) is 23.7 Å². The Morgan fingerprint density at radius 3 is 1.82 bits per heavy atom. The summed E-state index contributed by atoms with van der Waals surface area (Å²) in [5.41, 5.74) is 0. The molecule has 2 saturated heterocycles. The van der Waals surface area contributed by atoms with E-state index in [1.807, 2.05) is 12.1 Å². The largest absolute Gasteiger partial charge is 0.460 e. The van der Waals surface area contributed by atoms with E-state index >= 15 is 0 Å². The third kappa shape index (κ3) is 0.968. The van der Waals surface area contributed by atoms with Gasteiger partial charge in [-0.15, -0.1) is 0 Å². The predicted molar refractivity (Wildman–Crippen MR) is 36.1 cm³/mol. The molecule has 0 saturated carbocycles. The Hall–Kier alpha value is -0.800. The van der Waals surface area contributed by atoms with Crippen LogP contribution in [0, 0.1) is 0 Å². The van der Waals surface area contributed by atoms with Crippen LogP contribution in [0.25, 0.3) is 0 Å². The molecule has 0 aliphatic carbocycles. The first kappa shape index (κ1) is 5.80. The molecule has 0 amide bonds. The molecule has 11 heavy (non-hydrogen) atoms. The van der Waals surface area contributed by atoms with E-state index in [4.69, 9.17) is 13.9 Å². The molecule has 2 atom stereocenters. The van der Waals surface area contributed by atoms with Crippen LogP contribution < -0.4 is 0 Å². The third-order valence-electron chi connectivity index (χ3n) is 1.95. The Balaban J connectivity index is 1.88. The molecule has 1 aromatic rings. The zero-order chi connectivity index (χ0) is 7.26. The van der Waals surface area contributed by atoms with Gasteiger partial charge in [-0.05, 0) is 12.1 Å². The van der Waals surface area contributed by atoms with Crippen LogP contribution in [-0.4, -0.2) is 13.2 Å². The molecular weight excluding hydrogens is 144 g/mol. The second-order valence-electron chi connectivity index (χ2n) is 2.88. The van der Waals surface area contributed by atoms with Crippen molar-refractivity contribution in [3.05, 3.63) is 23.7 Å². The fourth-order valence-corrected chi connectivity index (χ4v) is 1.14. The van der Waals surface area contributed by atoms with Gasteiger partial charge in [0.1, 0.15) is 23.7 Å². The van der Waals surface area contributed by atoms with E-state index in [0.717, 1.165) is 24.7 Å². The number of furan rings is 1. The minimum Gasteiger partial charge on any atom is -0.460 e. The summed E-state index contributed by atoms with van der Waals surface area (Å²) < 4.78 is 15.6. The summed E-state index contributed by atoms with van der Waals surface area (Å²) in [5.74, 6) is 1.88. The highest BCUT2D eigenvalue weighted by Crippen LogP contribution is 2.36. The van der Waals surface area contributed by atoms with Crippen molar-refractivity contribution in [3.8, 4) is 0 Å². The van der Waals surface area contributed by atoms with Crippen LogP contribution >= 0.6 is 0 Å². The van der Waals surface area contributed by atoms with Crippen molar-refractivity contribution < 1.29 is 13.9 Å². The molecule has 3 heteroatoms. The van der Waals surface area contributed by atoms with Crippen molar-refractivity contribution >= 4 is 0 Å². The minimum atomic E-state index is 0.225. The molecule has 3 heterocycles. The zero-order valence-corrected chi connectivity index (χ0v) is 5.95. The fourth-order valence-electron chi connectivity index (χ4n) is 1.14. The lowest BCUT2D eigenvalue weighted by Crippen LogP contribution is -1.74. The van der Waals surface area contributed by atoms with Crippen molar-refractivity contribution in [3.63, 3.8) is 0 Å². The van der Waals surface area contributed by atoms with E-state index in [-0.39, 0.29) is 12.2 Å². The summed E-state index contributed by atoms with van der Waals surface area (Å²) in [5, 5.41) is 0. The second kappa shape index (κ2) is 1.87. The Bertz CT molecular complexity index is 244. The normalized spacial score (nSPS) is 33.8. The van der Waals surface area contributed by atoms with Gasteiger partial charge in [0, 0.05) is 0 Å². The molecule has 1 aromatic heterocycles. The van der Waals surface area contributed by atoms with Crippen LogP contribution in [0.15, 0.2) is 16.5 Å². The fraction of sp³-hybridized carbons (Fsp3) is 0.500. The van der Waals surface area contributed by atoms with Gasteiger partial charge in [0.2, 0.25) is 0 Å². The van der Waals surface area contributed by atoms with Crippen LogP contribution in [0.2, 0.25) is 0 Å². The predicted octanol–water partition coefficient (Wildman–Crippen LogP) is 1.42. The monoisotopic (exact) mass is 152 g/mol. The highest BCUT2D eigenvalue weighted by atomic mass is 16.6.